The van der Waals surface area contributed by atoms with Gasteiger partial charge in [0, 0.05) is 42.3 Å². The number of anilines is 1. The van der Waals surface area contributed by atoms with Gasteiger partial charge in [0.1, 0.15) is 17.8 Å². The fraction of sp³-hybridized carbons (Fsp3) is 0.310. The molecule has 0 aliphatic carbocycles. The lowest BCUT2D eigenvalue weighted by atomic mass is 10.0. The minimum Gasteiger partial charge on any atom is -0.434 e. The van der Waals surface area contributed by atoms with Gasteiger partial charge in [-0.25, -0.2) is 0 Å². The van der Waals surface area contributed by atoms with Crippen molar-refractivity contribution in [3.63, 3.8) is 0 Å². The zero-order valence-corrected chi connectivity index (χ0v) is 24.2. The number of amides is 6. The van der Waals surface area contributed by atoms with Crippen LogP contribution in [-0.4, -0.2) is 77.5 Å². The summed E-state index contributed by atoms with van der Waals surface area (Å²) in [5.74, 6) is -4.49. The van der Waals surface area contributed by atoms with E-state index < -0.39 is 54.1 Å². The van der Waals surface area contributed by atoms with E-state index in [4.69, 9.17) is 11.6 Å². The molecule has 0 spiro atoms. The summed E-state index contributed by atoms with van der Waals surface area (Å²) in [5.41, 5.74) is 0.143. The zero-order chi connectivity index (χ0) is 32.1. The molecular formula is C29H28ClF2N5O7. The lowest BCUT2D eigenvalue weighted by molar-refractivity contribution is -0.137. The van der Waals surface area contributed by atoms with Crippen LogP contribution in [0.25, 0.3) is 0 Å². The molecule has 2 unspecified atom stereocenters. The molecule has 12 nitrogen and oxygen atoms in total. The van der Waals surface area contributed by atoms with Crippen LogP contribution in [0.4, 0.5) is 14.5 Å². The fourth-order valence-electron chi connectivity index (χ4n) is 5.11. The summed E-state index contributed by atoms with van der Waals surface area (Å²) < 4.78 is 31.1. The summed E-state index contributed by atoms with van der Waals surface area (Å²) in [6.45, 7) is 1.75. The van der Waals surface area contributed by atoms with E-state index in [1.807, 2.05) is 0 Å². The highest BCUT2D eigenvalue weighted by atomic mass is 35.5. The maximum absolute atomic E-state index is 13.4. The number of halogens is 3. The Labute approximate surface area is 255 Å². The van der Waals surface area contributed by atoms with Crippen LogP contribution < -0.4 is 20.7 Å². The number of imide groups is 2. The highest BCUT2D eigenvalue weighted by molar-refractivity contribution is 6.30. The number of ether oxygens (including phenoxy) is 1. The molecule has 1 saturated heterocycles. The first-order valence-electron chi connectivity index (χ1n) is 13.5. The second kappa shape index (κ2) is 13.6. The molecule has 2 aliphatic rings. The molecule has 0 bridgehead atoms. The molecule has 232 valence electrons. The number of benzene rings is 2. The lowest BCUT2D eigenvalue weighted by Crippen LogP contribution is -2.54. The van der Waals surface area contributed by atoms with Crippen molar-refractivity contribution >= 4 is 52.7 Å². The molecule has 15 heteroatoms. The van der Waals surface area contributed by atoms with Crippen LogP contribution in [0.5, 0.6) is 5.75 Å². The molecule has 2 heterocycles. The quantitative estimate of drug-likeness (QED) is 0.239. The van der Waals surface area contributed by atoms with Crippen molar-refractivity contribution in [2.24, 2.45) is 0 Å². The minimum absolute atomic E-state index is 0.00784. The summed E-state index contributed by atoms with van der Waals surface area (Å²) >= 11 is 6.13. The zero-order valence-electron chi connectivity index (χ0n) is 23.4. The predicted molar refractivity (Wildman–Crippen MR) is 153 cm³/mol. The van der Waals surface area contributed by atoms with E-state index in [0.717, 1.165) is 21.9 Å². The molecule has 2 aromatic rings. The minimum atomic E-state index is -3.23. The summed E-state index contributed by atoms with van der Waals surface area (Å²) in [4.78, 5) is 78.7. The second-order valence-corrected chi connectivity index (χ2v) is 10.1. The van der Waals surface area contributed by atoms with E-state index in [-0.39, 0.29) is 65.6 Å². The van der Waals surface area contributed by atoms with Crippen LogP contribution in [0.3, 0.4) is 0 Å². The number of alkyl halides is 2. The van der Waals surface area contributed by atoms with Crippen molar-refractivity contribution in [1.29, 1.82) is 0 Å². The monoisotopic (exact) mass is 631 g/mol. The Hall–Kier alpha value is -4.85. The average Bonchev–Trinajstić information content (AvgIpc) is 3.23. The highest BCUT2D eigenvalue weighted by Gasteiger charge is 2.45. The Morgan fingerprint density at radius 2 is 1.95 bits per heavy atom. The van der Waals surface area contributed by atoms with Gasteiger partial charge in [0.2, 0.25) is 23.6 Å². The van der Waals surface area contributed by atoms with Crippen LogP contribution in [0.2, 0.25) is 5.02 Å². The molecule has 4 rings (SSSR count). The molecule has 44 heavy (non-hydrogen) atoms. The Kier molecular flexibility index (Phi) is 9.94. The SMILES string of the molecule is C=CC(=O)N(CCNc1cccc2c1C(=O)N(C1CCC(=O)NC1=O)C2=O)C(C(=O)NCC)c1cc(Cl)ccc1OC(F)F. The van der Waals surface area contributed by atoms with Crippen LogP contribution in [0, 0.1) is 0 Å². The van der Waals surface area contributed by atoms with Crippen molar-refractivity contribution in [2.45, 2.75) is 38.5 Å². The molecule has 2 aliphatic heterocycles. The smallest absolute Gasteiger partial charge is 0.387 e. The summed E-state index contributed by atoms with van der Waals surface area (Å²) in [5, 5.41) is 7.81. The number of carbonyl (C=O) groups is 6. The highest BCUT2D eigenvalue weighted by Crippen LogP contribution is 2.35. The van der Waals surface area contributed by atoms with Crippen molar-refractivity contribution < 1.29 is 42.3 Å². The Balaban J connectivity index is 1.62. The van der Waals surface area contributed by atoms with Crippen molar-refractivity contribution in [3.05, 3.63) is 70.8 Å². The van der Waals surface area contributed by atoms with Gasteiger partial charge in [-0.1, -0.05) is 24.2 Å². The Morgan fingerprint density at radius 1 is 1.20 bits per heavy atom. The molecule has 0 saturated carbocycles. The topological polar surface area (TPSA) is 154 Å². The number of fused-ring (bicyclic) bond motifs is 1. The first-order valence-corrected chi connectivity index (χ1v) is 13.9. The van der Waals surface area contributed by atoms with Crippen LogP contribution in [0.15, 0.2) is 49.1 Å². The summed E-state index contributed by atoms with van der Waals surface area (Å²) in [7, 11) is 0. The predicted octanol–water partition coefficient (Wildman–Crippen LogP) is 2.65. The molecule has 2 aromatic carbocycles. The number of nitrogens with zero attached hydrogens (tertiary/aromatic N) is 2. The standard InChI is InChI=1S/C29H28ClF2N5O7/c1-3-22(39)36(24(26(41)33-4-2)17-14-15(30)8-10-20(17)44-29(31)32)13-12-34-18-7-5-6-16-23(18)28(43)37(27(16)42)19-9-11-21(38)35-25(19)40/h3,5-8,10,14,19,24,29,34H,1,4,9,11-13H2,2H3,(H,33,41)(H,35,38,40). The van der Waals surface area contributed by atoms with Gasteiger partial charge in [0.05, 0.1) is 11.1 Å². The Bertz CT molecular complexity index is 1540. The largest absolute Gasteiger partial charge is 0.434 e. The van der Waals surface area contributed by atoms with E-state index in [9.17, 15) is 37.5 Å². The van der Waals surface area contributed by atoms with Gasteiger partial charge in [-0.15, -0.1) is 0 Å². The number of carbonyl (C=O) groups excluding carboxylic acids is 6. The molecule has 0 aromatic heterocycles. The van der Waals surface area contributed by atoms with Crippen molar-refractivity contribution in [1.82, 2.24) is 20.4 Å². The van der Waals surface area contributed by atoms with Crippen molar-refractivity contribution in [3.8, 4) is 5.75 Å². The number of nitrogens with one attached hydrogen (secondary N) is 3. The van der Waals surface area contributed by atoms with Gasteiger partial charge < -0.3 is 20.3 Å². The third kappa shape index (κ3) is 6.54. The molecule has 3 N–H and O–H groups in total. The van der Waals surface area contributed by atoms with Crippen LogP contribution in [0.1, 0.15) is 52.1 Å². The van der Waals surface area contributed by atoms with Gasteiger partial charge in [-0.3, -0.25) is 39.0 Å². The number of hydrogen-bond donors (Lipinski definition) is 3. The number of likely N-dealkylation sites (N-methyl/N-ethyl adjacent to an activating group) is 1. The van der Waals surface area contributed by atoms with E-state index >= 15 is 0 Å². The van der Waals surface area contributed by atoms with Gasteiger partial charge >= 0.3 is 6.61 Å². The van der Waals surface area contributed by atoms with E-state index in [1.165, 1.54) is 30.3 Å². The maximum atomic E-state index is 13.4. The van der Waals surface area contributed by atoms with Gasteiger partial charge in [-0.2, -0.15) is 8.78 Å². The molecule has 6 amide bonds. The van der Waals surface area contributed by atoms with Gasteiger partial charge in [0.25, 0.3) is 11.8 Å². The van der Waals surface area contributed by atoms with Crippen molar-refractivity contribution in [2.75, 3.05) is 25.0 Å². The molecular weight excluding hydrogens is 604 g/mol. The third-order valence-electron chi connectivity index (χ3n) is 6.99. The second-order valence-electron chi connectivity index (χ2n) is 9.70. The van der Waals surface area contributed by atoms with Crippen LogP contribution in [-0.2, 0) is 19.2 Å². The normalized spacial score (nSPS) is 16.8. The molecule has 2 atom stereocenters. The van der Waals surface area contributed by atoms with Gasteiger partial charge in [-0.05, 0) is 49.8 Å². The summed E-state index contributed by atoms with van der Waals surface area (Å²) in [6.07, 6.45) is 0.899. The van der Waals surface area contributed by atoms with E-state index in [2.05, 4.69) is 27.3 Å². The first-order chi connectivity index (χ1) is 21.0. The lowest BCUT2D eigenvalue weighted by Gasteiger charge is -2.31. The number of piperidine rings is 1. The third-order valence-corrected chi connectivity index (χ3v) is 7.22. The van der Waals surface area contributed by atoms with Gasteiger partial charge in [0.15, 0.2) is 0 Å². The molecule has 1 fully saturated rings. The number of hydrogen-bond acceptors (Lipinski definition) is 8. The average molecular weight is 632 g/mol. The molecule has 0 radical (unpaired) electrons. The number of rotatable bonds is 12. The maximum Gasteiger partial charge on any atom is 0.387 e. The Morgan fingerprint density at radius 3 is 2.61 bits per heavy atom. The van der Waals surface area contributed by atoms with E-state index in [1.54, 1.807) is 6.92 Å². The summed E-state index contributed by atoms with van der Waals surface area (Å²) in [6, 6.07) is 5.54. The first kappa shape index (κ1) is 32.1. The van der Waals surface area contributed by atoms with Crippen LogP contribution >= 0.6 is 11.6 Å². The fourth-order valence-corrected chi connectivity index (χ4v) is 5.30. The van der Waals surface area contributed by atoms with E-state index in [0.29, 0.717) is 0 Å².